The molecule has 0 saturated heterocycles. The summed E-state index contributed by atoms with van der Waals surface area (Å²) in [6.45, 7) is 5.44. The van der Waals surface area contributed by atoms with Gasteiger partial charge in [-0.05, 0) is 31.6 Å². The summed E-state index contributed by atoms with van der Waals surface area (Å²) < 4.78 is 0. The van der Waals surface area contributed by atoms with E-state index in [4.69, 9.17) is 5.11 Å². The second-order valence-corrected chi connectivity index (χ2v) is 5.72. The maximum atomic E-state index is 9.14. The van der Waals surface area contributed by atoms with Gasteiger partial charge in [0.25, 0.3) is 0 Å². The molecule has 2 rings (SSSR count). The number of nitrogens with one attached hydrogen (secondary N) is 1. The molecule has 0 bridgehead atoms. The van der Waals surface area contributed by atoms with Gasteiger partial charge in [-0.1, -0.05) is 13.8 Å². The van der Waals surface area contributed by atoms with Crippen LogP contribution >= 0.6 is 0 Å². The van der Waals surface area contributed by atoms with Crippen LogP contribution < -0.4 is 10.2 Å². The van der Waals surface area contributed by atoms with E-state index in [9.17, 15) is 0 Å². The van der Waals surface area contributed by atoms with Crippen LogP contribution in [0.3, 0.4) is 0 Å². The molecule has 20 heavy (non-hydrogen) atoms. The third-order valence-corrected chi connectivity index (χ3v) is 4.02. The summed E-state index contributed by atoms with van der Waals surface area (Å²) in [4.78, 5) is 11.3. The monoisotopic (exact) mass is 278 g/mol. The van der Waals surface area contributed by atoms with Crippen molar-refractivity contribution in [1.29, 1.82) is 0 Å². The molecule has 1 heterocycles. The average Bonchev–Trinajstić information content (AvgIpc) is 2.40. The molecular weight excluding hydrogens is 252 g/mol. The van der Waals surface area contributed by atoms with Crippen LogP contribution in [-0.2, 0) is 0 Å². The zero-order chi connectivity index (χ0) is 14.5. The standard InChI is InChI=1S/C15H26N4O/c1-11(2)13-14(16-3)17-10-18-15(13)19(8-5-9-20)12-6-4-7-12/h10-12,20H,4-9H2,1-3H3,(H,16,17,18). The Morgan fingerprint density at radius 2 is 2.15 bits per heavy atom. The Morgan fingerprint density at radius 1 is 1.40 bits per heavy atom. The van der Waals surface area contributed by atoms with Gasteiger partial charge in [-0.15, -0.1) is 0 Å². The van der Waals surface area contributed by atoms with Crippen LogP contribution in [0.15, 0.2) is 6.33 Å². The lowest BCUT2D eigenvalue weighted by atomic mass is 9.90. The van der Waals surface area contributed by atoms with Crippen molar-refractivity contribution in [2.45, 2.75) is 51.5 Å². The first-order valence-corrected chi connectivity index (χ1v) is 7.59. The second-order valence-electron chi connectivity index (χ2n) is 5.72. The van der Waals surface area contributed by atoms with E-state index in [0.29, 0.717) is 12.0 Å². The van der Waals surface area contributed by atoms with Crippen molar-refractivity contribution >= 4 is 11.6 Å². The lowest BCUT2D eigenvalue weighted by Gasteiger charge is -2.39. The lowest BCUT2D eigenvalue weighted by molar-refractivity contribution is 0.282. The number of hydrogen-bond acceptors (Lipinski definition) is 5. The molecule has 1 aromatic rings. The number of nitrogens with zero attached hydrogens (tertiary/aromatic N) is 3. The van der Waals surface area contributed by atoms with Gasteiger partial charge in [-0.25, -0.2) is 9.97 Å². The molecule has 0 aromatic carbocycles. The molecule has 112 valence electrons. The summed E-state index contributed by atoms with van der Waals surface area (Å²) in [5.74, 6) is 2.32. The third kappa shape index (κ3) is 3.03. The zero-order valence-electron chi connectivity index (χ0n) is 12.8. The number of aliphatic hydroxyl groups is 1. The summed E-state index contributed by atoms with van der Waals surface area (Å²) in [5, 5.41) is 12.3. The van der Waals surface area contributed by atoms with Crippen LogP contribution in [0, 0.1) is 0 Å². The maximum Gasteiger partial charge on any atom is 0.137 e. The fraction of sp³-hybridized carbons (Fsp3) is 0.733. The third-order valence-electron chi connectivity index (χ3n) is 4.02. The number of hydrogen-bond donors (Lipinski definition) is 2. The minimum Gasteiger partial charge on any atom is -0.396 e. The van der Waals surface area contributed by atoms with E-state index < -0.39 is 0 Å². The predicted octanol–water partition coefficient (Wildman–Crippen LogP) is 2.38. The molecule has 5 nitrogen and oxygen atoms in total. The molecule has 0 amide bonds. The predicted molar refractivity (Wildman–Crippen MR) is 82.4 cm³/mol. The molecule has 1 aliphatic rings. The van der Waals surface area contributed by atoms with Gasteiger partial charge in [0.2, 0.25) is 0 Å². The van der Waals surface area contributed by atoms with Gasteiger partial charge in [0.05, 0.1) is 0 Å². The average molecular weight is 278 g/mol. The first kappa shape index (κ1) is 15.0. The van der Waals surface area contributed by atoms with E-state index in [1.807, 2.05) is 7.05 Å². The molecule has 0 spiro atoms. The topological polar surface area (TPSA) is 61.3 Å². The van der Waals surface area contributed by atoms with Gasteiger partial charge in [0.15, 0.2) is 0 Å². The molecular formula is C15H26N4O. The highest BCUT2D eigenvalue weighted by Gasteiger charge is 2.28. The smallest absolute Gasteiger partial charge is 0.137 e. The number of aliphatic hydroxyl groups excluding tert-OH is 1. The molecule has 2 N–H and O–H groups in total. The van der Waals surface area contributed by atoms with Crippen molar-refractivity contribution in [3.05, 3.63) is 11.9 Å². The van der Waals surface area contributed by atoms with Crippen LogP contribution in [0.1, 0.15) is 51.0 Å². The SMILES string of the molecule is CNc1ncnc(N(CCCO)C2CCC2)c1C(C)C. The summed E-state index contributed by atoms with van der Waals surface area (Å²) in [7, 11) is 1.90. The van der Waals surface area contributed by atoms with Crippen LogP contribution in [0.5, 0.6) is 0 Å². The van der Waals surface area contributed by atoms with Gasteiger partial charge >= 0.3 is 0 Å². The van der Waals surface area contributed by atoms with E-state index in [1.165, 1.54) is 24.8 Å². The van der Waals surface area contributed by atoms with Gasteiger partial charge in [-0.2, -0.15) is 0 Å². The van der Waals surface area contributed by atoms with Crippen LogP contribution in [0.4, 0.5) is 11.6 Å². The summed E-state index contributed by atoms with van der Waals surface area (Å²) in [6.07, 6.45) is 6.16. The summed E-state index contributed by atoms with van der Waals surface area (Å²) in [6, 6.07) is 0.568. The van der Waals surface area contributed by atoms with Gasteiger partial charge < -0.3 is 15.3 Å². The largest absolute Gasteiger partial charge is 0.396 e. The van der Waals surface area contributed by atoms with E-state index in [2.05, 4.69) is 34.0 Å². The number of rotatable bonds is 7. The Balaban J connectivity index is 2.35. The van der Waals surface area contributed by atoms with Crippen molar-refractivity contribution in [1.82, 2.24) is 9.97 Å². The van der Waals surface area contributed by atoms with Crippen LogP contribution in [0.2, 0.25) is 0 Å². The number of aromatic nitrogens is 2. The van der Waals surface area contributed by atoms with Crippen molar-refractivity contribution in [3.63, 3.8) is 0 Å². The van der Waals surface area contributed by atoms with Crippen molar-refractivity contribution in [3.8, 4) is 0 Å². The van der Waals surface area contributed by atoms with E-state index in [-0.39, 0.29) is 6.61 Å². The fourth-order valence-electron chi connectivity index (χ4n) is 2.75. The fourth-order valence-corrected chi connectivity index (χ4v) is 2.75. The molecule has 5 heteroatoms. The van der Waals surface area contributed by atoms with Crippen LogP contribution in [0.25, 0.3) is 0 Å². The highest BCUT2D eigenvalue weighted by molar-refractivity contribution is 5.60. The van der Waals surface area contributed by atoms with Crippen molar-refractivity contribution < 1.29 is 5.11 Å². The minimum absolute atomic E-state index is 0.226. The molecule has 1 fully saturated rings. The molecule has 0 unspecified atom stereocenters. The molecule has 0 radical (unpaired) electrons. The van der Waals surface area contributed by atoms with E-state index >= 15 is 0 Å². The van der Waals surface area contributed by atoms with Crippen LogP contribution in [-0.4, -0.2) is 41.3 Å². The summed E-state index contributed by atoms with van der Waals surface area (Å²) in [5.41, 5.74) is 1.18. The van der Waals surface area contributed by atoms with Gasteiger partial charge in [-0.3, -0.25) is 0 Å². The first-order chi connectivity index (χ1) is 9.69. The Kier molecular flexibility index (Phi) is 5.17. The molecule has 1 saturated carbocycles. The lowest BCUT2D eigenvalue weighted by Crippen LogP contribution is -2.42. The van der Waals surface area contributed by atoms with Crippen molar-refractivity contribution in [2.24, 2.45) is 0 Å². The normalized spacial score (nSPS) is 15.2. The van der Waals surface area contributed by atoms with Gasteiger partial charge in [0, 0.05) is 31.8 Å². The first-order valence-electron chi connectivity index (χ1n) is 7.59. The Hall–Kier alpha value is -1.36. The highest BCUT2D eigenvalue weighted by Crippen LogP contribution is 2.35. The highest BCUT2D eigenvalue weighted by atomic mass is 16.3. The Morgan fingerprint density at radius 3 is 2.65 bits per heavy atom. The minimum atomic E-state index is 0.226. The van der Waals surface area contributed by atoms with E-state index in [1.54, 1.807) is 6.33 Å². The molecule has 1 aromatic heterocycles. The Bertz CT molecular complexity index is 432. The second kappa shape index (κ2) is 6.88. The number of anilines is 2. The van der Waals surface area contributed by atoms with E-state index in [0.717, 1.165) is 24.6 Å². The molecule has 1 aliphatic carbocycles. The van der Waals surface area contributed by atoms with Crippen molar-refractivity contribution in [2.75, 3.05) is 30.4 Å². The van der Waals surface area contributed by atoms with Gasteiger partial charge in [0.1, 0.15) is 18.0 Å². The Labute approximate surface area is 121 Å². The summed E-state index contributed by atoms with van der Waals surface area (Å²) >= 11 is 0. The molecule has 0 atom stereocenters. The quantitative estimate of drug-likeness (QED) is 0.802. The zero-order valence-corrected chi connectivity index (χ0v) is 12.8. The maximum absolute atomic E-state index is 9.14. The molecule has 0 aliphatic heterocycles.